The topological polar surface area (TPSA) is 82.3 Å². The van der Waals surface area contributed by atoms with Crippen molar-refractivity contribution < 1.29 is 23.4 Å². The molecule has 18 heavy (non-hydrogen) atoms. The smallest absolute Gasteiger partial charge is 0.405 e. The Bertz CT molecular complexity index is 443. The third kappa shape index (κ3) is 4.65. The number of alkyl halides is 2. The van der Waals surface area contributed by atoms with Gasteiger partial charge in [0, 0.05) is 6.42 Å². The molecule has 0 bridgehead atoms. The minimum absolute atomic E-state index is 0.00783. The third-order valence-corrected chi connectivity index (χ3v) is 2.04. The molecule has 1 atom stereocenters. The van der Waals surface area contributed by atoms with E-state index in [-0.39, 0.29) is 12.2 Å². The minimum Gasteiger partial charge on any atom is -0.465 e. The molecule has 0 fully saturated rings. The van der Waals surface area contributed by atoms with Gasteiger partial charge in [0.15, 0.2) is 0 Å². The van der Waals surface area contributed by atoms with E-state index in [1.54, 1.807) is 6.07 Å². The Morgan fingerprint density at radius 3 is 2.50 bits per heavy atom. The Kier molecular flexibility index (Phi) is 4.87. The lowest BCUT2D eigenvalue weighted by molar-refractivity contribution is -0.0498. The zero-order valence-corrected chi connectivity index (χ0v) is 9.14. The van der Waals surface area contributed by atoms with Crippen molar-refractivity contribution in [1.29, 1.82) is 5.26 Å². The van der Waals surface area contributed by atoms with Crippen molar-refractivity contribution in [2.75, 3.05) is 0 Å². The van der Waals surface area contributed by atoms with Crippen molar-refractivity contribution in [1.82, 2.24) is 5.32 Å². The summed E-state index contributed by atoms with van der Waals surface area (Å²) in [5, 5.41) is 19.2. The van der Waals surface area contributed by atoms with Crippen LogP contribution in [0.5, 0.6) is 5.75 Å². The maximum absolute atomic E-state index is 11.9. The molecule has 0 spiro atoms. The molecule has 0 aliphatic heterocycles. The van der Waals surface area contributed by atoms with Gasteiger partial charge < -0.3 is 15.2 Å². The van der Waals surface area contributed by atoms with Crippen LogP contribution in [0.25, 0.3) is 0 Å². The zero-order valence-electron chi connectivity index (χ0n) is 9.14. The Balaban J connectivity index is 2.62. The molecule has 0 saturated heterocycles. The van der Waals surface area contributed by atoms with Gasteiger partial charge in [-0.15, -0.1) is 0 Å². The van der Waals surface area contributed by atoms with Crippen LogP contribution in [0.1, 0.15) is 5.56 Å². The van der Waals surface area contributed by atoms with E-state index >= 15 is 0 Å². The van der Waals surface area contributed by atoms with Gasteiger partial charge in [-0.2, -0.15) is 14.0 Å². The highest BCUT2D eigenvalue weighted by molar-refractivity contribution is 5.65. The van der Waals surface area contributed by atoms with Gasteiger partial charge in [-0.25, -0.2) is 4.79 Å². The summed E-state index contributed by atoms with van der Waals surface area (Å²) >= 11 is 0. The quantitative estimate of drug-likeness (QED) is 0.844. The molecule has 0 saturated carbocycles. The summed E-state index contributed by atoms with van der Waals surface area (Å²) in [5.74, 6) is 0.00783. The molecule has 0 aliphatic carbocycles. The van der Waals surface area contributed by atoms with Gasteiger partial charge in [0.2, 0.25) is 0 Å². The van der Waals surface area contributed by atoms with Crippen molar-refractivity contribution in [3.63, 3.8) is 0 Å². The summed E-state index contributed by atoms with van der Waals surface area (Å²) in [7, 11) is 0. The van der Waals surface area contributed by atoms with E-state index in [0.717, 1.165) is 0 Å². The highest BCUT2D eigenvalue weighted by atomic mass is 19.3. The first-order chi connectivity index (χ1) is 8.51. The number of carbonyl (C=O) groups is 1. The van der Waals surface area contributed by atoms with Crippen LogP contribution in [0.3, 0.4) is 0 Å². The van der Waals surface area contributed by atoms with E-state index in [0.29, 0.717) is 5.56 Å². The Hall–Kier alpha value is -2.36. The van der Waals surface area contributed by atoms with Gasteiger partial charge in [-0.05, 0) is 17.7 Å². The summed E-state index contributed by atoms with van der Waals surface area (Å²) in [4.78, 5) is 10.4. The normalized spacial score (nSPS) is 11.7. The van der Waals surface area contributed by atoms with Gasteiger partial charge in [0.25, 0.3) is 0 Å². The summed E-state index contributed by atoms with van der Waals surface area (Å²) in [6.07, 6.45) is -1.14. The van der Waals surface area contributed by atoms with Crippen LogP contribution in [0.2, 0.25) is 0 Å². The number of nitrogens with one attached hydrogen (secondary N) is 1. The second-order valence-corrected chi connectivity index (χ2v) is 3.36. The van der Waals surface area contributed by atoms with E-state index in [2.05, 4.69) is 4.74 Å². The average Bonchev–Trinajstić information content (AvgIpc) is 2.29. The molecule has 1 amide bonds. The second-order valence-electron chi connectivity index (χ2n) is 3.36. The number of carboxylic acid groups (broad SMARTS) is 1. The van der Waals surface area contributed by atoms with Gasteiger partial charge in [-0.3, -0.25) is 0 Å². The number of hydrogen-bond donors (Lipinski definition) is 2. The van der Waals surface area contributed by atoms with Crippen LogP contribution >= 0.6 is 0 Å². The molecule has 1 rings (SSSR count). The SMILES string of the molecule is N#CC(Cc1ccc(OC(F)F)cc1)NC(=O)O. The fourth-order valence-corrected chi connectivity index (χ4v) is 1.32. The van der Waals surface area contributed by atoms with E-state index in [1.165, 1.54) is 24.3 Å². The number of nitriles is 1. The van der Waals surface area contributed by atoms with Crippen molar-refractivity contribution in [3.8, 4) is 11.8 Å². The predicted octanol–water partition coefficient (Wildman–Crippen LogP) is 1.99. The van der Waals surface area contributed by atoms with Crippen LogP contribution in [-0.4, -0.2) is 23.9 Å². The summed E-state index contributed by atoms with van der Waals surface area (Å²) in [5.41, 5.74) is 0.636. The van der Waals surface area contributed by atoms with Crippen molar-refractivity contribution in [2.45, 2.75) is 19.1 Å². The van der Waals surface area contributed by atoms with Crippen molar-refractivity contribution in [2.24, 2.45) is 0 Å². The predicted molar refractivity (Wildman–Crippen MR) is 57.3 cm³/mol. The number of ether oxygens (including phenoxy) is 1. The lowest BCUT2D eigenvalue weighted by Gasteiger charge is -2.09. The van der Waals surface area contributed by atoms with E-state index in [4.69, 9.17) is 10.4 Å². The monoisotopic (exact) mass is 256 g/mol. The zero-order chi connectivity index (χ0) is 13.5. The summed E-state index contributed by atoms with van der Waals surface area (Å²) in [6.45, 7) is -2.89. The molecular formula is C11H10F2N2O3. The molecule has 0 aliphatic rings. The first-order valence-electron chi connectivity index (χ1n) is 4.94. The molecule has 0 heterocycles. The Morgan fingerprint density at radius 1 is 1.44 bits per heavy atom. The maximum atomic E-state index is 11.9. The van der Waals surface area contributed by atoms with Gasteiger partial charge in [-0.1, -0.05) is 12.1 Å². The molecule has 96 valence electrons. The highest BCUT2D eigenvalue weighted by Crippen LogP contribution is 2.15. The van der Waals surface area contributed by atoms with Crippen molar-refractivity contribution in [3.05, 3.63) is 29.8 Å². The van der Waals surface area contributed by atoms with E-state index in [9.17, 15) is 13.6 Å². The fraction of sp³-hybridized carbons (Fsp3) is 0.273. The van der Waals surface area contributed by atoms with Gasteiger partial charge in [0.1, 0.15) is 11.8 Å². The minimum atomic E-state index is -2.89. The highest BCUT2D eigenvalue weighted by Gasteiger charge is 2.11. The van der Waals surface area contributed by atoms with Gasteiger partial charge >= 0.3 is 12.7 Å². The van der Waals surface area contributed by atoms with Crippen LogP contribution in [0.15, 0.2) is 24.3 Å². The number of nitrogens with zero attached hydrogens (tertiary/aromatic N) is 1. The molecule has 0 radical (unpaired) electrons. The number of halogens is 2. The fourth-order valence-electron chi connectivity index (χ4n) is 1.32. The molecule has 0 aromatic heterocycles. The third-order valence-electron chi connectivity index (χ3n) is 2.04. The van der Waals surface area contributed by atoms with E-state index < -0.39 is 18.7 Å². The molecule has 1 aromatic rings. The standard InChI is InChI=1S/C11H10F2N2O3/c12-10(13)18-9-3-1-7(2-4-9)5-8(6-14)15-11(16)17/h1-4,8,10,15H,5H2,(H,16,17). The lowest BCUT2D eigenvalue weighted by atomic mass is 10.1. The Labute approximate surface area is 102 Å². The Morgan fingerprint density at radius 2 is 2.06 bits per heavy atom. The average molecular weight is 256 g/mol. The van der Waals surface area contributed by atoms with Crippen LogP contribution in [0.4, 0.5) is 13.6 Å². The number of amides is 1. The molecule has 1 unspecified atom stereocenters. The second kappa shape index (κ2) is 6.39. The first-order valence-corrected chi connectivity index (χ1v) is 4.94. The molecule has 2 N–H and O–H groups in total. The maximum Gasteiger partial charge on any atom is 0.405 e. The number of rotatable bonds is 5. The molecular weight excluding hydrogens is 246 g/mol. The van der Waals surface area contributed by atoms with Crippen LogP contribution < -0.4 is 10.1 Å². The van der Waals surface area contributed by atoms with Gasteiger partial charge in [0.05, 0.1) is 6.07 Å². The summed E-state index contributed by atoms with van der Waals surface area (Å²) < 4.78 is 27.9. The van der Waals surface area contributed by atoms with Crippen molar-refractivity contribution >= 4 is 6.09 Å². The first kappa shape index (κ1) is 13.7. The molecule has 5 nitrogen and oxygen atoms in total. The molecule has 7 heteroatoms. The number of hydrogen-bond acceptors (Lipinski definition) is 3. The summed E-state index contributed by atoms with van der Waals surface area (Å²) in [6, 6.07) is 6.54. The van der Waals surface area contributed by atoms with E-state index in [1.807, 2.05) is 5.32 Å². The largest absolute Gasteiger partial charge is 0.465 e. The van der Waals surface area contributed by atoms with Crippen LogP contribution in [0, 0.1) is 11.3 Å². The number of benzene rings is 1. The lowest BCUT2D eigenvalue weighted by Crippen LogP contribution is -2.33. The molecule has 1 aromatic carbocycles. The van der Waals surface area contributed by atoms with Crippen LogP contribution in [-0.2, 0) is 6.42 Å².